The number of aryl methyl sites for hydroxylation is 2. The van der Waals surface area contributed by atoms with Crippen LogP contribution in [0, 0.1) is 19.7 Å². The molecule has 26 heavy (non-hydrogen) atoms. The summed E-state index contributed by atoms with van der Waals surface area (Å²) in [6, 6.07) is 11.2. The summed E-state index contributed by atoms with van der Waals surface area (Å²) in [5, 5.41) is 0. The van der Waals surface area contributed by atoms with Crippen LogP contribution < -0.4 is 0 Å². The highest BCUT2D eigenvalue weighted by molar-refractivity contribution is 5.94. The van der Waals surface area contributed by atoms with Crippen molar-refractivity contribution < 1.29 is 9.18 Å². The van der Waals surface area contributed by atoms with Gasteiger partial charge in [-0.15, -0.1) is 0 Å². The third kappa shape index (κ3) is 2.98. The maximum absolute atomic E-state index is 13.4. The van der Waals surface area contributed by atoms with Gasteiger partial charge in [-0.1, -0.05) is 6.07 Å². The van der Waals surface area contributed by atoms with Crippen LogP contribution in [0.2, 0.25) is 0 Å². The van der Waals surface area contributed by atoms with Crippen molar-refractivity contribution in [1.29, 1.82) is 0 Å². The molecule has 0 unspecified atom stereocenters. The van der Waals surface area contributed by atoms with E-state index in [0.717, 1.165) is 23.9 Å². The second kappa shape index (κ2) is 6.56. The van der Waals surface area contributed by atoms with E-state index in [0.29, 0.717) is 30.3 Å². The Bertz CT molecular complexity index is 971. The van der Waals surface area contributed by atoms with Crippen molar-refractivity contribution >= 4 is 16.9 Å². The number of likely N-dealkylation sites (tertiary alicyclic amines) is 1. The number of amides is 1. The smallest absolute Gasteiger partial charge is 0.253 e. The molecule has 0 spiro atoms. The van der Waals surface area contributed by atoms with Crippen LogP contribution in [0.15, 0.2) is 42.7 Å². The van der Waals surface area contributed by atoms with Gasteiger partial charge in [-0.2, -0.15) is 0 Å². The number of carbonyl (C=O) groups excluding carboxylic acids is 1. The standard InChI is InChI=1S/C21H22FN3O/c1-14-3-6-19-20(11-14)25(13-23-19)17-7-9-24(10-8-17)21(26)16-4-5-18(22)15(2)12-16/h3-6,11-13,17H,7-10H2,1-2H3. The first kappa shape index (κ1) is 16.8. The Labute approximate surface area is 152 Å². The molecule has 0 saturated carbocycles. The molecule has 0 radical (unpaired) electrons. The molecule has 0 N–H and O–H groups in total. The van der Waals surface area contributed by atoms with Gasteiger partial charge in [-0.3, -0.25) is 4.79 Å². The summed E-state index contributed by atoms with van der Waals surface area (Å²) in [6.45, 7) is 5.17. The van der Waals surface area contributed by atoms with Gasteiger partial charge in [0.2, 0.25) is 0 Å². The number of fused-ring (bicyclic) bond motifs is 1. The van der Waals surface area contributed by atoms with Gasteiger partial charge < -0.3 is 9.47 Å². The summed E-state index contributed by atoms with van der Waals surface area (Å²) >= 11 is 0. The Morgan fingerprint density at radius 3 is 2.62 bits per heavy atom. The average molecular weight is 351 g/mol. The molecule has 0 atom stereocenters. The van der Waals surface area contributed by atoms with Gasteiger partial charge in [0.1, 0.15) is 5.82 Å². The Balaban J connectivity index is 1.49. The number of rotatable bonds is 2. The molecule has 3 aromatic rings. The molecule has 4 rings (SSSR count). The monoisotopic (exact) mass is 351 g/mol. The first-order valence-corrected chi connectivity index (χ1v) is 9.01. The molecular weight excluding hydrogens is 329 g/mol. The van der Waals surface area contributed by atoms with Gasteiger partial charge in [-0.05, 0) is 68.1 Å². The Kier molecular flexibility index (Phi) is 4.23. The highest BCUT2D eigenvalue weighted by Crippen LogP contribution is 2.28. The number of aromatic nitrogens is 2. The lowest BCUT2D eigenvalue weighted by molar-refractivity contribution is 0.0696. The van der Waals surface area contributed by atoms with E-state index in [1.165, 1.54) is 11.6 Å². The van der Waals surface area contributed by atoms with Crippen molar-refractivity contribution in [3.05, 3.63) is 65.2 Å². The maximum Gasteiger partial charge on any atom is 0.253 e. The third-order valence-electron chi connectivity index (χ3n) is 5.28. The van der Waals surface area contributed by atoms with Crippen molar-refractivity contribution in [2.75, 3.05) is 13.1 Å². The average Bonchev–Trinajstić information content (AvgIpc) is 3.06. The fourth-order valence-electron chi connectivity index (χ4n) is 3.73. The van der Waals surface area contributed by atoms with E-state index in [-0.39, 0.29) is 11.7 Å². The summed E-state index contributed by atoms with van der Waals surface area (Å²) in [7, 11) is 0. The highest BCUT2D eigenvalue weighted by atomic mass is 19.1. The summed E-state index contributed by atoms with van der Waals surface area (Å²) in [6.07, 6.45) is 3.70. The zero-order valence-corrected chi connectivity index (χ0v) is 15.1. The van der Waals surface area contributed by atoms with Crippen LogP contribution in [0.1, 0.15) is 40.4 Å². The number of nitrogens with zero attached hydrogens (tertiary/aromatic N) is 3. The first-order valence-electron chi connectivity index (χ1n) is 9.01. The van der Waals surface area contributed by atoms with Gasteiger partial charge in [0, 0.05) is 24.7 Å². The van der Waals surface area contributed by atoms with Crippen LogP contribution >= 0.6 is 0 Å². The molecule has 2 heterocycles. The molecule has 1 aromatic heterocycles. The zero-order valence-electron chi connectivity index (χ0n) is 15.1. The molecule has 1 fully saturated rings. The van der Waals surface area contributed by atoms with Crippen LogP contribution in [0.4, 0.5) is 4.39 Å². The molecule has 2 aromatic carbocycles. The predicted molar refractivity (Wildman–Crippen MR) is 99.8 cm³/mol. The molecule has 1 aliphatic rings. The second-order valence-corrected chi connectivity index (χ2v) is 7.13. The quantitative estimate of drug-likeness (QED) is 0.691. The largest absolute Gasteiger partial charge is 0.338 e. The minimum absolute atomic E-state index is 0.0158. The number of halogens is 1. The first-order chi connectivity index (χ1) is 12.5. The topological polar surface area (TPSA) is 38.1 Å². The fourth-order valence-corrected chi connectivity index (χ4v) is 3.73. The lowest BCUT2D eigenvalue weighted by Gasteiger charge is -2.33. The van der Waals surface area contributed by atoms with Crippen molar-refractivity contribution in [2.24, 2.45) is 0 Å². The molecule has 0 aliphatic carbocycles. The number of benzene rings is 2. The Hall–Kier alpha value is -2.69. The minimum atomic E-state index is -0.275. The summed E-state index contributed by atoms with van der Waals surface area (Å²) < 4.78 is 15.7. The summed E-state index contributed by atoms with van der Waals surface area (Å²) in [4.78, 5) is 19.1. The van der Waals surface area contributed by atoms with Crippen molar-refractivity contribution in [1.82, 2.24) is 14.5 Å². The predicted octanol–water partition coefficient (Wildman–Crippen LogP) is 4.27. The molecule has 1 amide bonds. The van der Waals surface area contributed by atoms with Gasteiger partial charge in [0.25, 0.3) is 5.91 Å². The van der Waals surface area contributed by atoms with E-state index in [1.54, 1.807) is 19.1 Å². The molecule has 1 aliphatic heterocycles. The number of piperidine rings is 1. The van der Waals surface area contributed by atoms with E-state index < -0.39 is 0 Å². The summed E-state index contributed by atoms with van der Waals surface area (Å²) in [5.41, 5.74) is 4.45. The van der Waals surface area contributed by atoms with Crippen LogP contribution in [0.25, 0.3) is 11.0 Å². The van der Waals surface area contributed by atoms with Crippen LogP contribution in [-0.4, -0.2) is 33.4 Å². The van der Waals surface area contributed by atoms with E-state index in [9.17, 15) is 9.18 Å². The molecular formula is C21H22FN3O. The van der Waals surface area contributed by atoms with Crippen LogP contribution in [0.5, 0.6) is 0 Å². The Morgan fingerprint density at radius 2 is 1.88 bits per heavy atom. The number of hydrogen-bond donors (Lipinski definition) is 0. The highest BCUT2D eigenvalue weighted by Gasteiger charge is 2.25. The van der Waals surface area contributed by atoms with Crippen LogP contribution in [0.3, 0.4) is 0 Å². The van der Waals surface area contributed by atoms with Crippen LogP contribution in [-0.2, 0) is 0 Å². The maximum atomic E-state index is 13.4. The lowest BCUT2D eigenvalue weighted by atomic mass is 10.0. The van der Waals surface area contributed by atoms with Gasteiger partial charge in [-0.25, -0.2) is 9.37 Å². The Morgan fingerprint density at radius 1 is 1.12 bits per heavy atom. The number of hydrogen-bond acceptors (Lipinski definition) is 2. The third-order valence-corrected chi connectivity index (χ3v) is 5.28. The lowest BCUT2D eigenvalue weighted by Crippen LogP contribution is -2.39. The molecule has 134 valence electrons. The minimum Gasteiger partial charge on any atom is -0.338 e. The van der Waals surface area contributed by atoms with Gasteiger partial charge >= 0.3 is 0 Å². The van der Waals surface area contributed by atoms with Crippen molar-refractivity contribution in [2.45, 2.75) is 32.7 Å². The molecule has 0 bridgehead atoms. The van der Waals surface area contributed by atoms with E-state index >= 15 is 0 Å². The fraction of sp³-hybridized carbons (Fsp3) is 0.333. The summed E-state index contributed by atoms with van der Waals surface area (Å²) in [5.74, 6) is -0.291. The second-order valence-electron chi connectivity index (χ2n) is 7.13. The number of carbonyl (C=O) groups is 1. The molecule has 5 heteroatoms. The van der Waals surface area contributed by atoms with E-state index in [4.69, 9.17) is 0 Å². The van der Waals surface area contributed by atoms with E-state index in [1.807, 2.05) is 11.2 Å². The van der Waals surface area contributed by atoms with E-state index in [2.05, 4.69) is 34.7 Å². The normalized spacial score (nSPS) is 15.6. The SMILES string of the molecule is Cc1ccc2ncn(C3CCN(C(=O)c4ccc(F)c(C)c4)CC3)c2c1. The van der Waals surface area contributed by atoms with Crippen molar-refractivity contribution in [3.63, 3.8) is 0 Å². The van der Waals surface area contributed by atoms with Gasteiger partial charge in [0.15, 0.2) is 0 Å². The molecule has 4 nitrogen and oxygen atoms in total. The van der Waals surface area contributed by atoms with Gasteiger partial charge in [0.05, 0.1) is 17.4 Å². The van der Waals surface area contributed by atoms with Crippen molar-refractivity contribution in [3.8, 4) is 0 Å². The molecule has 1 saturated heterocycles. The zero-order chi connectivity index (χ0) is 18.3. The number of imidazole rings is 1.